The summed E-state index contributed by atoms with van der Waals surface area (Å²) in [5.74, 6) is 0. The lowest BCUT2D eigenvalue weighted by Gasteiger charge is -2.50. The fourth-order valence-corrected chi connectivity index (χ4v) is 1.80. The monoisotopic (exact) mass is 214 g/mol. The largest absolute Gasteiger partial charge is 0.444 e. The van der Waals surface area contributed by atoms with Crippen LogP contribution in [0.15, 0.2) is 0 Å². The highest BCUT2D eigenvalue weighted by atomic mass is 16.6. The van der Waals surface area contributed by atoms with E-state index in [4.69, 9.17) is 10.5 Å². The van der Waals surface area contributed by atoms with Crippen molar-refractivity contribution < 1.29 is 9.53 Å². The molecule has 4 heteroatoms. The Morgan fingerprint density at radius 2 is 2.13 bits per heavy atom. The molecule has 0 bridgehead atoms. The highest BCUT2D eigenvalue weighted by Gasteiger charge is 2.44. The van der Waals surface area contributed by atoms with Crippen molar-refractivity contribution in [2.75, 3.05) is 13.1 Å². The molecule has 1 heterocycles. The second kappa shape index (κ2) is 4.00. The summed E-state index contributed by atoms with van der Waals surface area (Å²) < 4.78 is 5.33. The molecule has 1 rings (SSSR count). The molecule has 0 saturated carbocycles. The number of carbonyl (C=O) groups excluding carboxylic acids is 1. The predicted octanol–water partition coefficient (Wildman–Crippen LogP) is 1.73. The SMILES string of the molecule is CC(C)(C)OC(=O)N1CCC1(C)CCN. The molecule has 15 heavy (non-hydrogen) atoms. The molecule has 1 saturated heterocycles. The van der Waals surface area contributed by atoms with Gasteiger partial charge in [0.1, 0.15) is 5.60 Å². The Kier molecular flexibility index (Phi) is 3.28. The summed E-state index contributed by atoms with van der Waals surface area (Å²) >= 11 is 0. The summed E-state index contributed by atoms with van der Waals surface area (Å²) in [7, 11) is 0. The van der Waals surface area contributed by atoms with Crippen LogP contribution in [0.5, 0.6) is 0 Å². The van der Waals surface area contributed by atoms with Crippen molar-refractivity contribution in [3.63, 3.8) is 0 Å². The fraction of sp³-hybridized carbons (Fsp3) is 0.909. The van der Waals surface area contributed by atoms with E-state index in [1.165, 1.54) is 0 Å². The van der Waals surface area contributed by atoms with Crippen LogP contribution in [0.4, 0.5) is 4.79 Å². The second-order valence-electron chi connectivity index (χ2n) is 5.42. The minimum Gasteiger partial charge on any atom is -0.444 e. The Morgan fingerprint density at radius 3 is 2.47 bits per heavy atom. The van der Waals surface area contributed by atoms with E-state index in [0.29, 0.717) is 6.54 Å². The number of carbonyl (C=O) groups is 1. The van der Waals surface area contributed by atoms with Crippen molar-refractivity contribution in [3.8, 4) is 0 Å². The normalized spacial score (nSPS) is 26.1. The molecule has 2 N–H and O–H groups in total. The van der Waals surface area contributed by atoms with Crippen LogP contribution in [0.2, 0.25) is 0 Å². The molecular formula is C11H22N2O2. The summed E-state index contributed by atoms with van der Waals surface area (Å²) in [6, 6.07) is 0. The van der Waals surface area contributed by atoms with Gasteiger partial charge in [-0.3, -0.25) is 0 Å². The smallest absolute Gasteiger partial charge is 0.410 e. The van der Waals surface area contributed by atoms with E-state index in [1.807, 2.05) is 20.8 Å². The van der Waals surface area contributed by atoms with Gasteiger partial charge in [0.05, 0.1) is 0 Å². The molecular weight excluding hydrogens is 192 g/mol. The van der Waals surface area contributed by atoms with Gasteiger partial charge in [0.2, 0.25) is 0 Å². The topological polar surface area (TPSA) is 55.6 Å². The van der Waals surface area contributed by atoms with Crippen LogP contribution in [-0.4, -0.2) is 35.2 Å². The molecule has 4 nitrogen and oxygen atoms in total. The standard InChI is InChI=1S/C11H22N2O2/c1-10(2,3)15-9(14)13-8-6-11(13,4)5-7-12/h5-8,12H2,1-4H3. The third kappa shape index (κ3) is 2.84. The molecule has 1 amide bonds. The average molecular weight is 214 g/mol. The maximum Gasteiger partial charge on any atom is 0.410 e. The molecule has 1 aliphatic rings. The third-order valence-corrected chi connectivity index (χ3v) is 2.82. The van der Waals surface area contributed by atoms with Crippen molar-refractivity contribution in [3.05, 3.63) is 0 Å². The maximum atomic E-state index is 11.8. The van der Waals surface area contributed by atoms with Crippen molar-refractivity contribution in [2.24, 2.45) is 5.73 Å². The summed E-state index contributed by atoms with van der Waals surface area (Å²) in [5, 5.41) is 0. The van der Waals surface area contributed by atoms with Gasteiger partial charge in [-0.25, -0.2) is 4.79 Å². The Balaban J connectivity index is 2.55. The lowest BCUT2D eigenvalue weighted by molar-refractivity contribution is -0.0395. The number of hydrogen-bond donors (Lipinski definition) is 1. The van der Waals surface area contributed by atoms with Crippen molar-refractivity contribution in [1.82, 2.24) is 4.90 Å². The molecule has 0 aromatic heterocycles. The molecule has 88 valence electrons. The van der Waals surface area contributed by atoms with Gasteiger partial charge in [0.25, 0.3) is 0 Å². The zero-order valence-electron chi connectivity index (χ0n) is 10.2. The van der Waals surface area contributed by atoms with E-state index in [9.17, 15) is 4.79 Å². The van der Waals surface area contributed by atoms with E-state index < -0.39 is 5.60 Å². The van der Waals surface area contributed by atoms with Crippen LogP contribution in [0, 0.1) is 0 Å². The predicted molar refractivity (Wildman–Crippen MR) is 59.6 cm³/mol. The summed E-state index contributed by atoms with van der Waals surface area (Å²) in [6.45, 7) is 9.09. The van der Waals surface area contributed by atoms with Gasteiger partial charge in [-0.1, -0.05) is 0 Å². The Bertz CT molecular complexity index is 247. The van der Waals surface area contributed by atoms with Gasteiger partial charge >= 0.3 is 6.09 Å². The van der Waals surface area contributed by atoms with Crippen molar-refractivity contribution in [1.29, 1.82) is 0 Å². The molecule has 1 atom stereocenters. The first-order valence-corrected chi connectivity index (χ1v) is 5.49. The first-order chi connectivity index (χ1) is 6.78. The van der Waals surface area contributed by atoms with Crippen LogP contribution in [0.25, 0.3) is 0 Å². The molecule has 0 aliphatic carbocycles. The zero-order valence-corrected chi connectivity index (χ0v) is 10.2. The molecule has 1 fully saturated rings. The Morgan fingerprint density at radius 1 is 1.53 bits per heavy atom. The minimum absolute atomic E-state index is 0.0862. The zero-order chi connectivity index (χ0) is 11.7. The lowest BCUT2D eigenvalue weighted by Crippen LogP contribution is -2.61. The molecule has 0 radical (unpaired) electrons. The van der Waals surface area contributed by atoms with E-state index in [2.05, 4.69) is 6.92 Å². The number of nitrogens with two attached hydrogens (primary N) is 1. The van der Waals surface area contributed by atoms with Gasteiger partial charge in [-0.15, -0.1) is 0 Å². The van der Waals surface area contributed by atoms with Crippen molar-refractivity contribution in [2.45, 2.75) is 51.7 Å². The summed E-state index contributed by atoms with van der Waals surface area (Å²) in [5.41, 5.74) is 5.03. The second-order valence-corrected chi connectivity index (χ2v) is 5.42. The average Bonchev–Trinajstić information content (AvgIpc) is 1.99. The first-order valence-electron chi connectivity index (χ1n) is 5.49. The summed E-state index contributed by atoms with van der Waals surface area (Å²) in [6.07, 6.45) is 1.64. The van der Waals surface area contributed by atoms with Crippen LogP contribution in [0.3, 0.4) is 0 Å². The fourth-order valence-electron chi connectivity index (χ4n) is 1.80. The van der Waals surface area contributed by atoms with Gasteiger partial charge in [0.15, 0.2) is 0 Å². The van der Waals surface area contributed by atoms with Crippen LogP contribution >= 0.6 is 0 Å². The molecule has 0 spiro atoms. The summed E-state index contributed by atoms with van der Waals surface area (Å²) in [4.78, 5) is 13.6. The third-order valence-electron chi connectivity index (χ3n) is 2.82. The van der Waals surface area contributed by atoms with Crippen LogP contribution in [-0.2, 0) is 4.74 Å². The molecule has 0 aromatic rings. The highest BCUT2D eigenvalue weighted by molar-refractivity contribution is 5.70. The van der Waals surface area contributed by atoms with E-state index in [0.717, 1.165) is 19.4 Å². The van der Waals surface area contributed by atoms with Gasteiger partial charge in [-0.05, 0) is 47.1 Å². The number of likely N-dealkylation sites (tertiary alicyclic amines) is 1. The van der Waals surface area contributed by atoms with E-state index >= 15 is 0 Å². The number of ether oxygens (including phenoxy) is 1. The number of rotatable bonds is 2. The van der Waals surface area contributed by atoms with Gasteiger partial charge in [-0.2, -0.15) is 0 Å². The Hall–Kier alpha value is -0.770. The molecule has 1 unspecified atom stereocenters. The van der Waals surface area contributed by atoms with Crippen LogP contribution < -0.4 is 5.73 Å². The molecule has 0 aromatic carbocycles. The number of nitrogens with zero attached hydrogens (tertiary/aromatic N) is 1. The molecule has 1 aliphatic heterocycles. The lowest BCUT2D eigenvalue weighted by atomic mass is 9.84. The van der Waals surface area contributed by atoms with Gasteiger partial charge < -0.3 is 15.4 Å². The maximum absolute atomic E-state index is 11.8. The number of hydrogen-bond acceptors (Lipinski definition) is 3. The first kappa shape index (κ1) is 12.3. The van der Waals surface area contributed by atoms with E-state index in [-0.39, 0.29) is 11.6 Å². The van der Waals surface area contributed by atoms with Crippen LogP contribution in [0.1, 0.15) is 40.5 Å². The van der Waals surface area contributed by atoms with E-state index in [1.54, 1.807) is 4.90 Å². The number of amides is 1. The van der Waals surface area contributed by atoms with Crippen molar-refractivity contribution >= 4 is 6.09 Å². The van der Waals surface area contributed by atoms with Gasteiger partial charge in [0, 0.05) is 12.1 Å². The quantitative estimate of drug-likeness (QED) is 0.761. The Labute approximate surface area is 91.8 Å². The minimum atomic E-state index is -0.420. The highest BCUT2D eigenvalue weighted by Crippen LogP contribution is 2.34.